The van der Waals surface area contributed by atoms with Crippen molar-refractivity contribution in [2.24, 2.45) is 22.2 Å². The third kappa shape index (κ3) is 7.65. The molecule has 1 aromatic carbocycles. The number of esters is 1. The number of ether oxygens (including phenoxy) is 2. The lowest BCUT2D eigenvalue weighted by atomic mass is 9.84. The lowest BCUT2D eigenvalue weighted by molar-refractivity contribution is -0.155. The van der Waals surface area contributed by atoms with Crippen molar-refractivity contribution < 1.29 is 23.9 Å². The first-order valence-corrected chi connectivity index (χ1v) is 19.3. The molecule has 2 amide bonds. The van der Waals surface area contributed by atoms with Gasteiger partial charge in [0.2, 0.25) is 5.91 Å². The quantitative estimate of drug-likeness (QED) is 0.163. The van der Waals surface area contributed by atoms with Crippen LogP contribution in [-0.4, -0.2) is 77.0 Å². The number of aromatic nitrogens is 2. The molecule has 2 aromatic heterocycles. The van der Waals surface area contributed by atoms with Crippen LogP contribution in [0.15, 0.2) is 46.9 Å². The predicted octanol–water partition coefficient (Wildman–Crippen LogP) is 6.11. The van der Waals surface area contributed by atoms with Crippen molar-refractivity contribution in [3.05, 3.63) is 58.2 Å². The van der Waals surface area contributed by atoms with Gasteiger partial charge in [-0.2, -0.15) is 0 Å². The highest BCUT2D eigenvalue weighted by molar-refractivity contribution is 7.10. The largest absolute Gasteiger partial charge is 0.464 e. The van der Waals surface area contributed by atoms with Crippen LogP contribution in [0.3, 0.4) is 0 Å². The van der Waals surface area contributed by atoms with E-state index in [0.29, 0.717) is 38.3 Å². The number of hydrogen-bond donors (Lipinski definition) is 2. The maximum absolute atomic E-state index is 14.0. The molecule has 3 aromatic rings. The maximum atomic E-state index is 14.0. The zero-order valence-electron chi connectivity index (χ0n) is 31.5. The van der Waals surface area contributed by atoms with Gasteiger partial charge < -0.3 is 19.4 Å². The Hall–Kier alpha value is -4.13. The van der Waals surface area contributed by atoms with Crippen molar-refractivity contribution in [2.75, 3.05) is 20.3 Å². The third-order valence-electron chi connectivity index (χ3n) is 10.5. The summed E-state index contributed by atoms with van der Waals surface area (Å²) in [7, 11) is 1.68. The van der Waals surface area contributed by atoms with Crippen molar-refractivity contribution in [2.45, 2.75) is 98.4 Å². The average Bonchev–Trinajstić information content (AvgIpc) is 3.57. The van der Waals surface area contributed by atoms with Gasteiger partial charge in [-0.1, -0.05) is 39.5 Å². The number of thiazole rings is 1. The smallest absolute Gasteiger partial charge is 0.324 e. The van der Waals surface area contributed by atoms with E-state index in [1.165, 1.54) is 16.3 Å². The van der Waals surface area contributed by atoms with Crippen LogP contribution in [0, 0.1) is 17.3 Å². The number of hydrogen-bond acceptors (Lipinski definition) is 9. The summed E-state index contributed by atoms with van der Waals surface area (Å²) in [6.45, 7) is 17.8. The molecule has 2 N–H and O–H groups in total. The molecule has 11 nitrogen and oxygen atoms in total. The van der Waals surface area contributed by atoms with E-state index in [0.717, 1.165) is 56.1 Å². The first-order chi connectivity index (χ1) is 24.9. The summed E-state index contributed by atoms with van der Waals surface area (Å²) in [4.78, 5) is 50.6. The number of hydrazine groups is 1. The Morgan fingerprint density at radius 2 is 2.10 bits per heavy atom. The number of aryl methyl sites for hydroxylation is 1. The molecule has 52 heavy (non-hydrogen) atoms. The van der Waals surface area contributed by atoms with Gasteiger partial charge in [0.15, 0.2) is 0 Å². The van der Waals surface area contributed by atoms with Gasteiger partial charge in [-0.15, -0.1) is 11.3 Å². The first kappa shape index (κ1) is 37.6. The van der Waals surface area contributed by atoms with Crippen LogP contribution in [0.5, 0.6) is 0 Å². The van der Waals surface area contributed by atoms with Crippen LogP contribution in [0.25, 0.3) is 27.7 Å². The van der Waals surface area contributed by atoms with Gasteiger partial charge in [-0.05, 0) is 70.1 Å². The van der Waals surface area contributed by atoms with Crippen molar-refractivity contribution in [3.8, 4) is 11.3 Å². The lowest BCUT2D eigenvalue weighted by Gasteiger charge is -2.35. The van der Waals surface area contributed by atoms with Crippen LogP contribution >= 0.6 is 11.3 Å². The molecule has 4 heterocycles. The van der Waals surface area contributed by atoms with Crippen LogP contribution in [0.4, 0.5) is 0 Å². The van der Waals surface area contributed by atoms with Gasteiger partial charge in [0.25, 0.3) is 5.91 Å². The number of fused-ring (bicyclic) bond motifs is 6. The average molecular weight is 729 g/mol. The number of allylic oxidation sites excluding steroid dienone is 2. The number of aliphatic imine (C=N–C) groups is 1. The zero-order valence-corrected chi connectivity index (χ0v) is 32.3. The van der Waals surface area contributed by atoms with Crippen molar-refractivity contribution >= 4 is 51.8 Å². The molecule has 2 aliphatic heterocycles. The van der Waals surface area contributed by atoms with E-state index in [2.05, 4.69) is 60.9 Å². The second-order valence-corrected chi connectivity index (χ2v) is 16.0. The lowest BCUT2D eigenvalue weighted by Crippen LogP contribution is -2.60. The van der Waals surface area contributed by atoms with Gasteiger partial charge in [0.05, 0.1) is 34.8 Å². The van der Waals surface area contributed by atoms with Crippen molar-refractivity contribution in [1.82, 2.24) is 25.3 Å². The van der Waals surface area contributed by atoms with Crippen LogP contribution in [0.2, 0.25) is 0 Å². The molecule has 1 saturated heterocycles. The van der Waals surface area contributed by atoms with Crippen LogP contribution in [-0.2, 0) is 43.2 Å². The fourth-order valence-corrected chi connectivity index (χ4v) is 8.29. The molecule has 0 unspecified atom stereocenters. The van der Waals surface area contributed by atoms with Crippen molar-refractivity contribution in [3.63, 3.8) is 0 Å². The Bertz CT molecular complexity index is 1920. The minimum absolute atomic E-state index is 0.0895. The summed E-state index contributed by atoms with van der Waals surface area (Å²) in [6, 6.07) is 4.90. The van der Waals surface area contributed by atoms with Gasteiger partial charge in [0, 0.05) is 71.6 Å². The van der Waals surface area contributed by atoms with E-state index in [1.54, 1.807) is 13.3 Å². The first-order valence-electron chi connectivity index (χ1n) is 18.4. The summed E-state index contributed by atoms with van der Waals surface area (Å²) < 4.78 is 14.1. The molecule has 12 heteroatoms. The van der Waals surface area contributed by atoms with E-state index < -0.39 is 23.5 Å². The van der Waals surface area contributed by atoms with E-state index in [1.807, 2.05) is 32.2 Å². The highest BCUT2D eigenvalue weighted by Crippen LogP contribution is 2.41. The Morgan fingerprint density at radius 3 is 2.77 bits per heavy atom. The second-order valence-electron chi connectivity index (χ2n) is 15.0. The Balaban J connectivity index is 1.51. The zero-order chi connectivity index (χ0) is 37.3. The number of carbonyl (C=O) groups excluding carboxylic acids is 3. The SMILES string of the molecule is C=C/C(=C(\N=C/C)[C@H](C)OC)c1c2c3cc(ccc3n1CC)-c1csc(n1)C[C@H](NC(=O)[C@H]1C[C@@H]1C)C(=O)N1CCC[C@H](N1)C(=O)OCC(C)(C)C2. The number of benzene rings is 1. The van der Waals surface area contributed by atoms with Crippen LogP contribution in [0.1, 0.15) is 77.1 Å². The summed E-state index contributed by atoms with van der Waals surface area (Å²) in [5.74, 6) is -0.587. The highest BCUT2D eigenvalue weighted by atomic mass is 32.1. The van der Waals surface area contributed by atoms with E-state index in [-0.39, 0.29) is 36.9 Å². The monoisotopic (exact) mass is 728 g/mol. The molecule has 6 rings (SSSR count). The molecule has 6 bridgehead atoms. The molecule has 0 spiro atoms. The molecule has 5 atom stereocenters. The van der Waals surface area contributed by atoms with Gasteiger partial charge in [-0.25, -0.2) is 10.4 Å². The van der Waals surface area contributed by atoms with E-state index in [9.17, 15) is 14.4 Å². The molecule has 2 fully saturated rings. The Kier molecular flexibility index (Phi) is 11.2. The van der Waals surface area contributed by atoms with Crippen LogP contribution < -0.4 is 10.7 Å². The van der Waals surface area contributed by atoms with Gasteiger partial charge in [0.1, 0.15) is 12.1 Å². The number of methoxy groups -OCH3 is 1. The maximum Gasteiger partial charge on any atom is 0.324 e. The molecular weight excluding hydrogens is 677 g/mol. The van der Waals surface area contributed by atoms with Crippen molar-refractivity contribution in [1.29, 1.82) is 0 Å². The summed E-state index contributed by atoms with van der Waals surface area (Å²) >= 11 is 1.48. The fraction of sp³-hybridized carbons (Fsp3) is 0.525. The number of amides is 2. The number of nitrogens with zero attached hydrogens (tertiary/aromatic N) is 4. The minimum atomic E-state index is -0.826. The third-order valence-corrected chi connectivity index (χ3v) is 11.4. The van der Waals surface area contributed by atoms with Gasteiger partial charge in [-0.3, -0.25) is 24.4 Å². The Labute approximate surface area is 310 Å². The number of nitrogens with one attached hydrogen (secondary N) is 2. The standard InChI is InChI=1S/C40H52N6O5S/c1-9-26(35(41-10-2)24(5)50-8)36-29-20-40(6,7)22-51-39(49)30-13-12-16-46(44-30)38(48)31(43-37(47)27-17-23(27)4)19-34-42-32(21-52-34)25-14-15-33(28(29)18-25)45(36)11-3/h9-10,14-15,18,21,23-24,27,30-31,44H,1,11-13,16-17,19-20,22H2,2-8H3,(H,43,47)/b35-26+,41-10-/t23-,24-,27-,30-,31-/m0/s1. The topological polar surface area (TPSA) is 127 Å². The van der Waals surface area contributed by atoms with E-state index in [4.69, 9.17) is 19.5 Å². The molecule has 278 valence electrons. The number of rotatable bonds is 8. The second kappa shape index (κ2) is 15.5. The number of cyclic esters (lactones) is 1. The normalized spacial score (nSPS) is 24.6. The Morgan fingerprint density at radius 1 is 1.33 bits per heavy atom. The molecule has 0 radical (unpaired) electrons. The molecule has 1 aliphatic carbocycles. The van der Waals surface area contributed by atoms with E-state index >= 15 is 0 Å². The summed E-state index contributed by atoms with van der Waals surface area (Å²) in [6.07, 6.45) is 6.18. The van der Waals surface area contributed by atoms with Gasteiger partial charge >= 0.3 is 5.97 Å². The molecule has 3 aliphatic rings. The fourth-order valence-electron chi connectivity index (χ4n) is 7.44. The molecular formula is C40H52N6O5S. The molecule has 1 saturated carbocycles. The number of carbonyl (C=O) groups is 3. The highest BCUT2D eigenvalue weighted by Gasteiger charge is 2.42. The minimum Gasteiger partial charge on any atom is -0.464 e. The predicted molar refractivity (Wildman–Crippen MR) is 206 cm³/mol. The summed E-state index contributed by atoms with van der Waals surface area (Å²) in [5, 5.41) is 8.35. The summed E-state index contributed by atoms with van der Waals surface area (Å²) in [5.41, 5.74) is 9.26.